The van der Waals surface area contributed by atoms with Gasteiger partial charge in [0.1, 0.15) is 11.5 Å². The van der Waals surface area contributed by atoms with E-state index in [0.717, 1.165) is 0 Å². The van der Waals surface area contributed by atoms with Crippen LogP contribution in [-0.2, 0) is 0 Å². The second-order valence-corrected chi connectivity index (χ2v) is 5.11. The van der Waals surface area contributed by atoms with Crippen LogP contribution in [0, 0.1) is 5.82 Å². The Morgan fingerprint density at radius 3 is 2.75 bits per heavy atom. The number of hydrogen-bond donors (Lipinski definition) is 1. The number of benzene rings is 1. The maximum atomic E-state index is 14.0. The Hall–Kier alpha value is -2.21. The molecule has 3 aromatic rings. The lowest BCUT2D eigenvalue weighted by Crippen LogP contribution is -1.97. The molecule has 0 saturated carbocycles. The fraction of sp³-hybridized carbons (Fsp3) is 0. The van der Waals surface area contributed by atoms with Crippen LogP contribution < -0.4 is 5.73 Å². The topological polar surface area (TPSA) is 56.7 Å². The predicted octanol–water partition coefficient (Wildman–Crippen LogP) is 3.42. The van der Waals surface area contributed by atoms with Crippen LogP contribution >= 0.6 is 15.9 Å². The highest BCUT2D eigenvalue weighted by Gasteiger charge is 2.14. The number of pyridine rings is 1. The van der Waals surface area contributed by atoms with Gasteiger partial charge >= 0.3 is 0 Å². The van der Waals surface area contributed by atoms with Gasteiger partial charge in [0.05, 0.1) is 11.9 Å². The number of nitrogens with zero attached hydrogens (tertiary/aromatic N) is 3. The van der Waals surface area contributed by atoms with Crippen LogP contribution in [0.15, 0.2) is 53.3 Å². The summed E-state index contributed by atoms with van der Waals surface area (Å²) >= 11 is 3.22. The summed E-state index contributed by atoms with van der Waals surface area (Å²) in [5.74, 6) is 0.250. The molecule has 0 aliphatic rings. The van der Waals surface area contributed by atoms with E-state index < -0.39 is 0 Å². The Labute approximate surface area is 123 Å². The van der Waals surface area contributed by atoms with E-state index in [9.17, 15) is 4.39 Å². The van der Waals surface area contributed by atoms with Crippen molar-refractivity contribution in [3.63, 3.8) is 0 Å². The molecule has 0 amide bonds. The van der Waals surface area contributed by atoms with Crippen LogP contribution in [0.25, 0.3) is 17.1 Å². The first-order valence-electron chi connectivity index (χ1n) is 5.87. The maximum Gasteiger partial charge on any atom is 0.153 e. The van der Waals surface area contributed by atoms with Crippen molar-refractivity contribution in [2.75, 3.05) is 5.73 Å². The summed E-state index contributed by atoms with van der Waals surface area (Å²) in [4.78, 5) is 4.18. The number of nitrogens with two attached hydrogens (primary N) is 1. The standard InChI is InChI=1S/C14H10BrFN4/c15-9-4-5-10(11(16)7-9)14-12(17)8-20(19-14)13-3-1-2-6-18-13/h1-8H,17H2. The van der Waals surface area contributed by atoms with Crippen molar-refractivity contribution in [1.82, 2.24) is 14.8 Å². The van der Waals surface area contributed by atoms with Crippen molar-refractivity contribution in [3.8, 4) is 17.1 Å². The van der Waals surface area contributed by atoms with Gasteiger partial charge in [-0.3, -0.25) is 0 Å². The number of rotatable bonds is 2. The van der Waals surface area contributed by atoms with E-state index in [4.69, 9.17) is 5.73 Å². The molecule has 0 atom stereocenters. The Kier molecular flexibility index (Phi) is 3.23. The van der Waals surface area contributed by atoms with Crippen molar-refractivity contribution in [2.24, 2.45) is 0 Å². The van der Waals surface area contributed by atoms with Crippen molar-refractivity contribution in [1.29, 1.82) is 0 Å². The number of aromatic nitrogens is 3. The van der Waals surface area contributed by atoms with Gasteiger partial charge in [0.15, 0.2) is 5.82 Å². The normalized spacial score (nSPS) is 10.7. The molecule has 0 saturated heterocycles. The van der Waals surface area contributed by atoms with Crippen molar-refractivity contribution in [2.45, 2.75) is 0 Å². The van der Waals surface area contributed by atoms with E-state index >= 15 is 0 Å². The van der Waals surface area contributed by atoms with Crippen LogP contribution in [0.5, 0.6) is 0 Å². The fourth-order valence-electron chi connectivity index (χ4n) is 1.88. The molecular formula is C14H10BrFN4. The first-order valence-corrected chi connectivity index (χ1v) is 6.66. The second kappa shape index (κ2) is 5.05. The first-order chi connectivity index (χ1) is 9.65. The smallest absolute Gasteiger partial charge is 0.153 e. The van der Waals surface area contributed by atoms with Gasteiger partial charge in [0, 0.05) is 16.2 Å². The number of anilines is 1. The van der Waals surface area contributed by atoms with Crippen molar-refractivity contribution < 1.29 is 4.39 Å². The molecule has 4 nitrogen and oxygen atoms in total. The van der Waals surface area contributed by atoms with Crippen molar-refractivity contribution in [3.05, 3.63) is 59.1 Å². The Morgan fingerprint density at radius 1 is 1.20 bits per heavy atom. The SMILES string of the molecule is Nc1cn(-c2ccccn2)nc1-c1ccc(Br)cc1F. The van der Waals surface area contributed by atoms with E-state index in [1.807, 2.05) is 12.1 Å². The molecule has 0 radical (unpaired) electrons. The molecule has 100 valence electrons. The quantitative estimate of drug-likeness (QED) is 0.782. The Balaban J connectivity index is 2.10. The Bertz CT molecular complexity index is 755. The van der Waals surface area contributed by atoms with Gasteiger partial charge in [-0.25, -0.2) is 14.1 Å². The summed E-state index contributed by atoms with van der Waals surface area (Å²) in [6.45, 7) is 0. The highest BCUT2D eigenvalue weighted by atomic mass is 79.9. The van der Waals surface area contributed by atoms with Crippen molar-refractivity contribution >= 4 is 21.6 Å². The molecule has 0 spiro atoms. The molecule has 2 aromatic heterocycles. The van der Waals surface area contributed by atoms with Gasteiger partial charge in [-0.15, -0.1) is 0 Å². The highest BCUT2D eigenvalue weighted by Crippen LogP contribution is 2.29. The number of nitrogen functional groups attached to an aromatic ring is 1. The zero-order valence-corrected chi connectivity index (χ0v) is 11.9. The molecule has 0 fully saturated rings. The van der Waals surface area contributed by atoms with E-state index in [1.165, 1.54) is 10.7 Å². The zero-order chi connectivity index (χ0) is 14.1. The molecule has 0 aliphatic carbocycles. The number of halogens is 2. The molecule has 3 rings (SSSR count). The molecule has 6 heteroatoms. The summed E-state index contributed by atoms with van der Waals surface area (Å²) in [5, 5.41) is 4.31. The summed E-state index contributed by atoms with van der Waals surface area (Å²) in [6.07, 6.45) is 3.28. The first kappa shape index (κ1) is 12.8. The van der Waals surface area contributed by atoms with E-state index in [-0.39, 0.29) is 5.82 Å². The van der Waals surface area contributed by atoms with Crippen LogP contribution in [0.3, 0.4) is 0 Å². The predicted molar refractivity (Wildman–Crippen MR) is 78.9 cm³/mol. The summed E-state index contributed by atoms with van der Waals surface area (Å²) in [7, 11) is 0. The van der Waals surface area contributed by atoms with Gasteiger partial charge < -0.3 is 5.73 Å². The van der Waals surface area contributed by atoms with E-state index in [2.05, 4.69) is 26.0 Å². The molecule has 0 bridgehead atoms. The fourth-order valence-corrected chi connectivity index (χ4v) is 2.22. The van der Waals surface area contributed by atoms with Gasteiger partial charge in [-0.2, -0.15) is 5.10 Å². The number of hydrogen-bond acceptors (Lipinski definition) is 3. The van der Waals surface area contributed by atoms with E-state index in [0.29, 0.717) is 27.2 Å². The lowest BCUT2D eigenvalue weighted by atomic mass is 10.1. The maximum absolute atomic E-state index is 14.0. The second-order valence-electron chi connectivity index (χ2n) is 4.19. The minimum atomic E-state index is -0.377. The molecule has 0 unspecified atom stereocenters. The van der Waals surface area contributed by atoms with Crippen LogP contribution in [0.2, 0.25) is 0 Å². The van der Waals surface area contributed by atoms with E-state index in [1.54, 1.807) is 30.6 Å². The summed E-state index contributed by atoms with van der Waals surface area (Å²) in [5.41, 5.74) is 7.09. The average Bonchev–Trinajstić information content (AvgIpc) is 2.82. The van der Waals surface area contributed by atoms with Gasteiger partial charge in [-0.1, -0.05) is 22.0 Å². The lowest BCUT2D eigenvalue weighted by molar-refractivity contribution is 0.629. The molecule has 20 heavy (non-hydrogen) atoms. The molecule has 2 heterocycles. The van der Waals surface area contributed by atoms with Crippen LogP contribution in [0.4, 0.5) is 10.1 Å². The lowest BCUT2D eigenvalue weighted by Gasteiger charge is -2.01. The van der Waals surface area contributed by atoms with Crippen LogP contribution in [-0.4, -0.2) is 14.8 Å². The minimum Gasteiger partial charge on any atom is -0.396 e. The molecular weight excluding hydrogens is 323 g/mol. The Morgan fingerprint density at radius 2 is 2.05 bits per heavy atom. The summed E-state index contributed by atoms with van der Waals surface area (Å²) in [6, 6.07) is 10.2. The average molecular weight is 333 g/mol. The largest absolute Gasteiger partial charge is 0.396 e. The highest BCUT2D eigenvalue weighted by molar-refractivity contribution is 9.10. The third-order valence-electron chi connectivity index (χ3n) is 2.81. The third kappa shape index (κ3) is 2.30. The minimum absolute atomic E-state index is 0.361. The molecule has 0 aliphatic heterocycles. The van der Waals surface area contributed by atoms with Gasteiger partial charge in [0.2, 0.25) is 0 Å². The summed E-state index contributed by atoms with van der Waals surface area (Å²) < 4.78 is 16.2. The van der Waals surface area contributed by atoms with Gasteiger partial charge in [-0.05, 0) is 30.3 Å². The third-order valence-corrected chi connectivity index (χ3v) is 3.31. The van der Waals surface area contributed by atoms with Crippen LogP contribution in [0.1, 0.15) is 0 Å². The molecule has 1 aromatic carbocycles. The van der Waals surface area contributed by atoms with Gasteiger partial charge in [0.25, 0.3) is 0 Å². The zero-order valence-electron chi connectivity index (χ0n) is 10.3. The monoisotopic (exact) mass is 332 g/mol. The molecule has 2 N–H and O–H groups in total.